The van der Waals surface area contributed by atoms with Crippen molar-refractivity contribution >= 4 is 0 Å². The highest BCUT2D eigenvalue weighted by Crippen LogP contribution is 2.26. The molecule has 18 heavy (non-hydrogen) atoms. The molecular formula is C18H14. The molecule has 0 bridgehead atoms. The summed E-state index contributed by atoms with van der Waals surface area (Å²) in [5.41, 5.74) is 4.35. The third kappa shape index (κ3) is 2.45. The average Bonchev–Trinajstić information content (AvgIpc) is 2.41. The Balaban J connectivity index is 2.73. The summed E-state index contributed by atoms with van der Waals surface area (Å²) in [6.07, 6.45) is 0. The van der Waals surface area contributed by atoms with Crippen LogP contribution in [0, 0.1) is 23.7 Å². The Hall–Kier alpha value is -2.44. The standard InChI is InChI=1S/C18H14/c1-3-9-15-13-8-14-16(10-4-2)18(15)17-11-6-5-7-12-17/h5-8,11-14H,1-2H3. The van der Waals surface area contributed by atoms with E-state index in [9.17, 15) is 0 Å². The number of hydrogen-bond acceptors (Lipinski definition) is 0. The van der Waals surface area contributed by atoms with Gasteiger partial charge in [-0.2, -0.15) is 0 Å². The summed E-state index contributed by atoms with van der Waals surface area (Å²) < 4.78 is 0. The van der Waals surface area contributed by atoms with E-state index in [-0.39, 0.29) is 0 Å². The summed E-state index contributed by atoms with van der Waals surface area (Å²) in [5.74, 6) is 12.2. The lowest BCUT2D eigenvalue weighted by Gasteiger charge is -2.08. The Morgan fingerprint density at radius 3 is 1.72 bits per heavy atom. The molecule has 0 aliphatic carbocycles. The van der Waals surface area contributed by atoms with Gasteiger partial charge in [-0.25, -0.2) is 0 Å². The largest absolute Gasteiger partial charge is 0.101 e. The molecule has 0 saturated carbocycles. The average molecular weight is 230 g/mol. The number of rotatable bonds is 1. The first-order valence-corrected chi connectivity index (χ1v) is 5.90. The van der Waals surface area contributed by atoms with Crippen molar-refractivity contribution in [2.75, 3.05) is 0 Å². The summed E-state index contributed by atoms with van der Waals surface area (Å²) >= 11 is 0. The van der Waals surface area contributed by atoms with Crippen molar-refractivity contribution in [2.24, 2.45) is 0 Å². The topological polar surface area (TPSA) is 0 Å². The van der Waals surface area contributed by atoms with Gasteiger partial charge in [0.05, 0.1) is 0 Å². The van der Waals surface area contributed by atoms with Crippen LogP contribution in [-0.4, -0.2) is 0 Å². The summed E-state index contributed by atoms with van der Waals surface area (Å²) in [6, 6.07) is 16.4. The van der Waals surface area contributed by atoms with Gasteiger partial charge in [0, 0.05) is 16.7 Å². The fourth-order valence-corrected chi connectivity index (χ4v) is 1.95. The Morgan fingerprint density at radius 2 is 1.22 bits per heavy atom. The molecule has 2 aromatic carbocycles. The minimum absolute atomic E-state index is 1.03. The van der Waals surface area contributed by atoms with Crippen molar-refractivity contribution in [1.82, 2.24) is 0 Å². The Labute approximate surface area is 109 Å². The Morgan fingerprint density at radius 1 is 0.667 bits per heavy atom. The third-order valence-electron chi connectivity index (χ3n) is 2.65. The molecule has 0 fully saturated rings. The van der Waals surface area contributed by atoms with E-state index in [1.165, 1.54) is 0 Å². The maximum atomic E-state index is 3.16. The summed E-state index contributed by atoms with van der Waals surface area (Å²) in [7, 11) is 0. The number of hydrogen-bond donors (Lipinski definition) is 0. The zero-order valence-corrected chi connectivity index (χ0v) is 10.6. The van der Waals surface area contributed by atoms with E-state index in [4.69, 9.17) is 0 Å². The lowest BCUT2D eigenvalue weighted by molar-refractivity contribution is 1.55. The molecule has 0 heteroatoms. The molecule has 0 N–H and O–H groups in total. The molecule has 86 valence electrons. The lowest BCUT2D eigenvalue weighted by Crippen LogP contribution is -1.89. The zero-order chi connectivity index (χ0) is 12.8. The quantitative estimate of drug-likeness (QED) is 0.647. The maximum absolute atomic E-state index is 3.16. The fourth-order valence-electron chi connectivity index (χ4n) is 1.95. The predicted molar refractivity (Wildman–Crippen MR) is 77.0 cm³/mol. The van der Waals surface area contributed by atoms with E-state index in [1.807, 2.05) is 50.2 Å². The van der Waals surface area contributed by atoms with Crippen molar-refractivity contribution in [1.29, 1.82) is 0 Å². The predicted octanol–water partition coefficient (Wildman–Crippen LogP) is 4.10. The summed E-state index contributed by atoms with van der Waals surface area (Å²) in [6.45, 7) is 3.71. The highest BCUT2D eigenvalue weighted by atomic mass is 14.1. The summed E-state index contributed by atoms with van der Waals surface area (Å²) in [5, 5.41) is 0. The lowest BCUT2D eigenvalue weighted by atomic mass is 9.94. The van der Waals surface area contributed by atoms with E-state index in [1.54, 1.807) is 0 Å². The molecule has 0 heterocycles. The molecule has 0 aliphatic rings. The van der Waals surface area contributed by atoms with Gasteiger partial charge in [0.15, 0.2) is 0 Å². The first kappa shape index (κ1) is 12.0. The molecule has 2 aromatic rings. The van der Waals surface area contributed by atoms with Crippen LogP contribution in [-0.2, 0) is 0 Å². The van der Waals surface area contributed by atoms with E-state index in [0.29, 0.717) is 0 Å². The minimum atomic E-state index is 1.03. The Kier molecular flexibility index (Phi) is 3.85. The van der Waals surface area contributed by atoms with Crippen LogP contribution in [0.15, 0.2) is 48.5 Å². The number of benzene rings is 2. The van der Waals surface area contributed by atoms with Crippen LogP contribution in [0.3, 0.4) is 0 Å². The molecule has 0 saturated heterocycles. The van der Waals surface area contributed by atoms with Gasteiger partial charge in [-0.1, -0.05) is 48.2 Å². The molecule has 0 spiro atoms. The van der Waals surface area contributed by atoms with E-state index < -0.39 is 0 Å². The van der Waals surface area contributed by atoms with Gasteiger partial charge >= 0.3 is 0 Å². The monoisotopic (exact) mass is 230 g/mol. The molecule has 2 rings (SSSR count). The van der Waals surface area contributed by atoms with Crippen molar-refractivity contribution in [3.05, 3.63) is 59.7 Å². The maximum Gasteiger partial charge on any atom is 0.0336 e. The van der Waals surface area contributed by atoms with Crippen LogP contribution in [0.4, 0.5) is 0 Å². The third-order valence-corrected chi connectivity index (χ3v) is 2.65. The van der Waals surface area contributed by atoms with Crippen LogP contribution in [0.2, 0.25) is 0 Å². The van der Waals surface area contributed by atoms with Gasteiger partial charge in [0.25, 0.3) is 0 Å². The normalized spacial score (nSPS) is 8.78. The SMILES string of the molecule is CC#Cc1cccc(C#CC)c1-c1ccccc1. The van der Waals surface area contributed by atoms with Crippen LogP contribution >= 0.6 is 0 Å². The second-order valence-electron chi connectivity index (χ2n) is 3.84. The van der Waals surface area contributed by atoms with Crippen LogP contribution in [0.5, 0.6) is 0 Å². The molecule has 0 nitrogen and oxygen atoms in total. The van der Waals surface area contributed by atoms with Crippen molar-refractivity contribution in [2.45, 2.75) is 13.8 Å². The van der Waals surface area contributed by atoms with Gasteiger partial charge in [0.2, 0.25) is 0 Å². The molecule has 0 radical (unpaired) electrons. The van der Waals surface area contributed by atoms with Crippen LogP contribution < -0.4 is 0 Å². The first-order valence-electron chi connectivity index (χ1n) is 5.90. The van der Waals surface area contributed by atoms with Gasteiger partial charge in [-0.05, 0) is 31.5 Å². The van der Waals surface area contributed by atoms with E-state index in [2.05, 4.69) is 35.8 Å². The minimum Gasteiger partial charge on any atom is -0.101 e. The first-order chi connectivity index (χ1) is 8.86. The highest BCUT2D eigenvalue weighted by Gasteiger charge is 2.07. The molecule has 0 atom stereocenters. The second kappa shape index (κ2) is 5.76. The molecule has 0 amide bonds. The highest BCUT2D eigenvalue weighted by molar-refractivity contribution is 5.77. The van der Waals surface area contributed by atoms with Crippen molar-refractivity contribution < 1.29 is 0 Å². The van der Waals surface area contributed by atoms with Crippen LogP contribution in [0.1, 0.15) is 25.0 Å². The van der Waals surface area contributed by atoms with Crippen LogP contribution in [0.25, 0.3) is 11.1 Å². The summed E-state index contributed by atoms with van der Waals surface area (Å²) in [4.78, 5) is 0. The van der Waals surface area contributed by atoms with Gasteiger partial charge in [0.1, 0.15) is 0 Å². The molecular weight excluding hydrogens is 216 g/mol. The molecule has 0 unspecified atom stereocenters. The second-order valence-corrected chi connectivity index (χ2v) is 3.84. The van der Waals surface area contributed by atoms with E-state index >= 15 is 0 Å². The van der Waals surface area contributed by atoms with Crippen molar-refractivity contribution in [3.8, 4) is 34.8 Å². The molecule has 0 aromatic heterocycles. The van der Waals surface area contributed by atoms with E-state index in [0.717, 1.165) is 22.3 Å². The zero-order valence-electron chi connectivity index (χ0n) is 10.6. The fraction of sp³-hybridized carbons (Fsp3) is 0.111. The van der Waals surface area contributed by atoms with Gasteiger partial charge < -0.3 is 0 Å². The van der Waals surface area contributed by atoms with Gasteiger partial charge in [-0.15, -0.1) is 11.8 Å². The van der Waals surface area contributed by atoms with Crippen molar-refractivity contribution in [3.63, 3.8) is 0 Å². The smallest absolute Gasteiger partial charge is 0.0336 e. The molecule has 0 aliphatic heterocycles. The van der Waals surface area contributed by atoms with Gasteiger partial charge in [-0.3, -0.25) is 0 Å². The Bertz CT molecular complexity index is 618.